The fraction of sp³-hybridized carbons (Fsp3) is 0.400. The quantitative estimate of drug-likeness (QED) is 0.941. The van der Waals surface area contributed by atoms with Crippen LogP contribution in [0.25, 0.3) is 0 Å². The van der Waals surface area contributed by atoms with Crippen LogP contribution in [0.3, 0.4) is 0 Å². The maximum Gasteiger partial charge on any atom is 0.127 e. The van der Waals surface area contributed by atoms with E-state index >= 15 is 0 Å². The summed E-state index contributed by atoms with van der Waals surface area (Å²) in [4.78, 5) is 6.97. The van der Waals surface area contributed by atoms with Crippen LogP contribution in [0.4, 0.5) is 0 Å². The lowest BCUT2D eigenvalue weighted by atomic mass is 10.1. The van der Waals surface area contributed by atoms with Crippen molar-refractivity contribution in [2.75, 3.05) is 19.6 Å². The van der Waals surface area contributed by atoms with E-state index in [4.69, 9.17) is 11.6 Å². The van der Waals surface area contributed by atoms with E-state index < -0.39 is 0 Å². The van der Waals surface area contributed by atoms with Crippen LogP contribution in [-0.4, -0.2) is 34.1 Å². The van der Waals surface area contributed by atoms with Crippen LogP contribution in [0.2, 0.25) is 5.02 Å². The van der Waals surface area contributed by atoms with Gasteiger partial charge in [-0.1, -0.05) is 23.7 Å². The highest BCUT2D eigenvalue weighted by molar-refractivity contribution is 6.30. The standard InChI is InChI=1S/C15H19ClN4.ClH/c1-19-7-6-18-15(19)14-10-17-5-8-20(14)11-12-3-2-4-13(16)9-12;/h2-4,6-7,9,14,17H,5,8,10-11H2,1H3;1H. The lowest BCUT2D eigenvalue weighted by Gasteiger charge is -2.35. The number of halogens is 2. The maximum atomic E-state index is 6.08. The van der Waals surface area contributed by atoms with E-state index in [1.807, 2.05) is 30.6 Å². The van der Waals surface area contributed by atoms with Crippen LogP contribution < -0.4 is 5.32 Å². The molecule has 1 N–H and O–H groups in total. The highest BCUT2D eigenvalue weighted by Crippen LogP contribution is 2.23. The molecule has 6 heteroatoms. The van der Waals surface area contributed by atoms with Crippen molar-refractivity contribution in [3.05, 3.63) is 53.1 Å². The first-order valence-electron chi connectivity index (χ1n) is 6.90. The van der Waals surface area contributed by atoms with Gasteiger partial charge in [0.25, 0.3) is 0 Å². The summed E-state index contributed by atoms with van der Waals surface area (Å²) in [5, 5.41) is 4.25. The van der Waals surface area contributed by atoms with E-state index in [0.29, 0.717) is 6.04 Å². The fourth-order valence-corrected chi connectivity index (χ4v) is 2.97. The van der Waals surface area contributed by atoms with Crippen molar-refractivity contribution in [3.63, 3.8) is 0 Å². The van der Waals surface area contributed by atoms with Gasteiger partial charge in [-0.25, -0.2) is 4.98 Å². The molecule has 1 fully saturated rings. The van der Waals surface area contributed by atoms with E-state index in [2.05, 4.69) is 32.9 Å². The number of piperazine rings is 1. The van der Waals surface area contributed by atoms with Gasteiger partial charge in [-0.3, -0.25) is 4.90 Å². The molecule has 0 spiro atoms. The minimum Gasteiger partial charge on any atom is -0.337 e. The summed E-state index contributed by atoms with van der Waals surface area (Å²) in [5.74, 6) is 1.11. The minimum atomic E-state index is 0. The molecule has 21 heavy (non-hydrogen) atoms. The summed E-state index contributed by atoms with van der Waals surface area (Å²) < 4.78 is 2.10. The number of rotatable bonds is 3. The van der Waals surface area contributed by atoms with Crippen LogP contribution in [0.15, 0.2) is 36.7 Å². The Balaban J connectivity index is 0.00000161. The second-order valence-corrected chi connectivity index (χ2v) is 5.65. The largest absolute Gasteiger partial charge is 0.337 e. The molecule has 1 aliphatic rings. The smallest absolute Gasteiger partial charge is 0.127 e. The molecule has 0 aliphatic carbocycles. The van der Waals surface area contributed by atoms with Gasteiger partial charge in [-0.05, 0) is 17.7 Å². The topological polar surface area (TPSA) is 33.1 Å². The van der Waals surface area contributed by atoms with Gasteiger partial charge >= 0.3 is 0 Å². The van der Waals surface area contributed by atoms with Crippen LogP contribution >= 0.6 is 24.0 Å². The van der Waals surface area contributed by atoms with Crippen molar-refractivity contribution in [3.8, 4) is 0 Å². The van der Waals surface area contributed by atoms with Crippen LogP contribution in [0.1, 0.15) is 17.4 Å². The molecule has 0 amide bonds. The number of aromatic nitrogens is 2. The second kappa shape index (κ2) is 7.27. The Labute approximate surface area is 136 Å². The normalized spacial score (nSPS) is 19.2. The molecular formula is C15H20Cl2N4. The molecule has 3 rings (SSSR count). The number of nitrogens with one attached hydrogen (secondary N) is 1. The maximum absolute atomic E-state index is 6.08. The molecule has 0 radical (unpaired) electrons. The molecule has 0 saturated carbocycles. The SMILES string of the molecule is Cl.Cn1ccnc1C1CNCCN1Cc1cccc(Cl)c1. The van der Waals surface area contributed by atoms with Gasteiger partial charge in [-0.2, -0.15) is 0 Å². The zero-order chi connectivity index (χ0) is 13.9. The molecule has 1 aliphatic heterocycles. The Bertz CT molecular complexity index is 585. The molecule has 1 saturated heterocycles. The van der Waals surface area contributed by atoms with Crippen LogP contribution in [0.5, 0.6) is 0 Å². The third-order valence-corrected chi connectivity index (χ3v) is 4.02. The molecule has 1 aromatic heterocycles. The van der Waals surface area contributed by atoms with Crippen molar-refractivity contribution < 1.29 is 0 Å². The van der Waals surface area contributed by atoms with E-state index in [9.17, 15) is 0 Å². The van der Waals surface area contributed by atoms with E-state index in [-0.39, 0.29) is 12.4 Å². The number of nitrogens with zero attached hydrogens (tertiary/aromatic N) is 3. The third-order valence-electron chi connectivity index (χ3n) is 3.79. The second-order valence-electron chi connectivity index (χ2n) is 5.22. The van der Waals surface area contributed by atoms with Crippen molar-refractivity contribution in [2.24, 2.45) is 7.05 Å². The van der Waals surface area contributed by atoms with Gasteiger partial charge in [0.05, 0.1) is 6.04 Å². The number of benzene rings is 1. The number of imidazole rings is 1. The highest BCUT2D eigenvalue weighted by atomic mass is 35.5. The summed E-state index contributed by atoms with van der Waals surface area (Å²) in [7, 11) is 2.05. The Morgan fingerprint density at radius 2 is 2.29 bits per heavy atom. The van der Waals surface area contributed by atoms with Crippen molar-refractivity contribution in [2.45, 2.75) is 12.6 Å². The predicted octanol–water partition coefficient (Wildman–Crippen LogP) is 2.64. The minimum absolute atomic E-state index is 0. The average molecular weight is 327 g/mol. The molecule has 1 atom stereocenters. The van der Waals surface area contributed by atoms with Gasteiger partial charge in [0.15, 0.2) is 0 Å². The van der Waals surface area contributed by atoms with E-state index in [1.54, 1.807) is 0 Å². The lowest BCUT2D eigenvalue weighted by Crippen LogP contribution is -2.46. The first-order chi connectivity index (χ1) is 9.74. The molecule has 4 nitrogen and oxygen atoms in total. The summed E-state index contributed by atoms with van der Waals surface area (Å²) in [6, 6.07) is 8.40. The predicted molar refractivity (Wildman–Crippen MR) is 87.9 cm³/mol. The molecule has 2 aromatic rings. The Kier molecular flexibility index (Phi) is 5.65. The molecular weight excluding hydrogens is 307 g/mol. The first kappa shape index (κ1) is 16.3. The van der Waals surface area contributed by atoms with Gasteiger partial charge in [-0.15, -0.1) is 12.4 Å². The summed E-state index contributed by atoms with van der Waals surface area (Å²) in [6.07, 6.45) is 3.86. The molecule has 1 unspecified atom stereocenters. The van der Waals surface area contributed by atoms with E-state index in [0.717, 1.165) is 37.0 Å². The summed E-state index contributed by atoms with van der Waals surface area (Å²) >= 11 is 6.08. The average Bonchev–Trinajstić information content (AvgIpc) is 2.86. The monoisotopic (exact) mass is 326 g/mol. The fourth-order valence-electron chi connectivity index (χ4n) is 2.76. The van der Waals surface area contributed by atoms with Gasteiger partial charge < -0.3 is 9.88 Å². The lowest BCUT2D eigenvalue weighted by molar-refractivity contribution is 0.145. The molecule has 114 valence electrons. The van der Waals surface area contributed by atoms with Crippen molar-refractivity contribution >= 4 is 24.0 Å². The molecule has 2 heterocycles. The van der Waals surface area contributed by atoms with Crippen LogP contribution in [0, 0.1) is 0 Å². The van der Waals surface area contributed by atoms with Crippen molar-refractivity contribution in [1.29, 1.82) is 0 Å². The van der Waals surface area contributed by atoms with Gasteiger partial charge in [0.2, 0.25) is 0 Å². The number of hydrogen-bond donors (Lipinski definition) is 1. The number of aryl methyl sites for hydroxylation is 1. The summed E-state index contributed by atoms with van der Waals surface area (Å²) in [5.41, 5.74) is 1.25. The third kappa shape index (κ3) is 3.77. The van der Waals surface area contributed by atoms with E-state index in [1.165, 1.54) is 5.56 Å². The number of hydrogen-bond acceptors (Lipinski definition) is 3. The molecule has 0 bridgehead atoms. The zero-order valence-electron chi connectivity index (χ0n) is 12.0. The zero-order valence-corrected chi connectivity index (χ0v) is 13.6. The Morgan fingerprint density at radius 3 is 3.00 bits per heavy atom. The van der Waals surface area contributed by atoms with Gasteiger partial charge in [0, 0.05) is 50.6 Å². The Morgan fingerprint density at radius 1 is 1.43 bits per heavy atom. The highest BCUT2D eigenvalue weighted by Gasteiger charge is 2.26. The first-order valence-corrected chi connectivity index (χ1v) is 7.28. The van der Waals surface area contributed by atoms with Crippen LogP contribution in [-0.2, 0) is 13.6 Å². The Hall–Kier alpha value is -1.07. The molecule has 1 aromatic carbocycles. The van der Waals surface area contributed by atoms with Gasteiger partial charge in [0.1, 0.15) is 5.82 Å². The van der Waals surface area contributed by atoms with Crippen molar-refractivity contribution in [1.82, 2.24) is 19.8 Å². The summed E-state index contributed by atoms with van der Waals surface area (Å²) in [6.45, 7) is 3.87.